The second-order valence-electron chi connectivity index (χ2n) is 6.17. The Morgan fingerprint density at radius 3 is 2.16 bits per heavy atom. The van der Waals surface area contributed by atoms with Gasteiger partial charge < -0.3 is 40.1 Å². The molecule has 1 aromatic rings. The van der Waals surface area contributed by atoms with Crippen molar-refractivity contribution in [2.45, 2.75) is 44.6 Å². The van der Waals surface area contributed by atoms with Gasteiger partial charge in [-0.3, -0.25) is 4.79 Å². The van der Waals surface area contributed by atoms with Crippen LogP contribution >= 0.6 is 0 Å². The van der Waals surface area contributed by atoms with Gasteiger partial charge >= 0.3 is 0 Å². The highest BCUT2D eigenvalue weighted by Crippen LogP contribution is 2.35. The highest BCUT2D eigenvalue weighted by Gasteiger charge is 2.44. The Morgan fingerprint density at radius 2 is 1.68 bits per heavy atom. The van der Waals surface area contributed by atoms with E-state index in [1.165, 1.54) is 0 Å². The van der Waals surface area contributed by atoms with Crippen LogP contribution in [-0.2, 0) is 4.74 Å². The van der Waals surface area contributed by atoms with Crippen LogP contribution in [0.1, 0.15) is 24.2 Å². The Balaban J connectivity index is 2.24. The lowest BCUT2D eigenvalue weighted by Crippen LogP contribution is -2.60. The maximum Gasteiger partial charge on any atom is 0.229 e. The van der Waals surface area contributed by atoms with Gasteiger partial charge in [0.25, 0.3) is 0 Å². The molecule has 25 heavy (non-hydrogen) atoms. The number of phenols is 2. The maximum atomic E-state index is 12.0. The molecule has 9 nitrogen and oxygen atoms in total. The van der Waals surface area contributed by atoms with E-state index in [4.69, 9.17) is 14.6 Å². The first kappa shape index (κ1) is 19.4. The van der Waals surface area contributed by atoms with Crippen LogP contribution in [0.2, 0.25) is 0 Å². The number of phenolic OH excluding ortho intramolecular Hbond substituents is 2. The van der Waals surface area contributed by atoms with Gasteiger partial charge in [-0.2, -0.15) is 0 Å². The number of aliphatic hydroxyl groups is 4. The fraction of sp³-hybridized carbons (Fsp3) is 0.562. The van der Waals surface area contributed by atoms with Crippen molar-refractivity contribution < 1.29 is 44.9 Å². The molecule has 0 bridgehead atoms. The van der Waals surface area contributed by atoms with Crippen LogP contribution in [-0.4, -0.2) is 73.7 Å². The molecule has 0 radical (unpaired) electrons. The standard InChI is InChI=1S/C16H22O9/c1-6(2)12(20)11-8(18)3-7(4-9(11)19)24-16-15(23)14(22)13(21)10(5-17)25-16/h3-4,6,10,13-19,21-23H,5H2,1-2H3/t10-,13-,14+,15-,16-/m1/s1. The quantitative estimate of drug-likeness (QED) is 0.368. The monoisotopic (exact) mass is 358 g/mol. The summed E-state index contributed by atoms with van der Waals surface area (Å²) in [7, 11) is 0. The third-order valence-corrected chi connectivity index (χ3v) is 3.94. The van der Waals surface area contributed by atoms with Crippen LogP contribution in [0.25, 0.3) is 0 Å². The number of hydrogen-bond donors (Lipinski definition) is 6. The number of hydrogen-bond acceptors (Lipinski definition) is 9. The third kappa shape index (κ3) is 3.86. The van der Waals surface area contributed by atoms with Crippen molar-refractivity contribution in [3.05, 3.63) is 17.7 Å². The number of Topliss-reactive ketones (excluding diaryl/α,β-unsaturated/α-hetero) is 1. The van der Waals surface area contributed by atoms with Gasteiger partial charge in [0, 0.05) is 18.1 Å². The molecule has 1 aliphatic heterocycles. The van der Waals surface area contributed by atoms with Crippen LogP contribution in [0.15, 0.2) is 12.1 Å². The molecule has 1 saturated heterocycles. The molecule has 1 fully saturated rings. The minimum absolute atomic E-state index is 0.139. The predicted molar refractivity (Wildman–Crippen MR) is 83.3 cm³/mol. The molecule has 1 aromatic carbocycles. The molecule has 0 unspecified atom stereocenters. The molecule has 1 heterocycles. The van der Waals surface area contributed by atoms with E-state index in [0.717, 1.165) is 12.1 Å². The zero-order chi connectivity index (χ0) is 18.9. The first-order chi connectivity index (χ1) is 11.7. The number of aliphatic hydroxyl groups excluding tert-OH is 4. The van der Waals surface area contributed by atoms with Crippen molar-refractivity contribution >= 4 is 5.78 Å². The molecule has 2 rings (SSSR count). The molecule has 9 heteroatoms. The first-order valence-corrected chi connectivity index (χ1v) is 7.74. The minimum atomic E-state index is -1.64. The molecule has 0 aliphatic carbocycles. The van der Waals surface area contributed by atoms with Crippen LogP contribution in [0, 0.1) is 5.92 Å². The Kier molecular flexibility index (Phi) is 5.86. The van der Waals surface area contributed by atoms with Crippen molar-refractivity contribution in [3.8, 4) is 17.2 Å². The van der Waals surface area contributed by atoms with Crippen LogP contribution in [0.3, 0.4) is 0 Å². The number of rotatable bonds is 5. The van der Waals surface area contributed by atoms with Crippen molar-refractivity contribution in [2.24, 2.45) is 5.92 Å². The van der Waals surface area contributed by atoms with Gasteiger partial charge in [0.1, 0.15) is 47.2 Å². The molecule has 0 aromatic heterocycles. The number of carbonyl (C=O) groups is 1. The van der Waals surface area contributed by atoms with E-state index >= 15 is 0 Å². The van der Waals surface area contributed by atoms with E-state index in [1.807, 2.05) is 0 Å². The average Bonchev–Trinajstić information content (AvgIpc) is 2.54. The molecular weight excluding hydrogens is 336 g/mol. The summed E-state index contributed by atoms with van der Waals surface area (Å²) in [4.78, 5) is 12.0. The van der Waals surface area contributed by atoms with Gasteiger partial charge in [0.05, 0.1) is 6.61 Å². The fourth-order valence-electron chi connectivity index (χ4n) is 2.49. The van der Waals surface area contributed by atoms with E-state index < -0.39 is 60.5 Å². The molecule has 0 amide bonds. The zero-order valence-corrected chi connectivity index (χ0v) is 13.7. The van der Waals surface area contributed by atoms with Crippen molar-refractivity contribution in [1.82, 2.24) is 0 Å². The minimum Gasteiger partial charge on any atom is -0.507 e. The summed E-state index contributed by atoms with van der Waals surface area (Å²) in [6, 6.07) is 2.10. The normalized spacial score (nSPS) is 29.6. The number of aromatic hydroxyl groups is 2. The van der Waals surface area contributed by atoms with E-state index in [-0.39, 0.29) is 11.3 Å². The molecule has 1 aliphatic rings. The van der Waals surface area contributed by atoms with E-state index in [2.05, 4.69) is 0 Å². The van der Waals surface area contributed by atoms with Crippen LogP contribution in [0.4, 0.5) is 0 Å². The lowest BCUT2D eigenvalue weighted by atomic mass is 9.98. The Labute approximate surface area is 143 Å². The number of carbonyl (C=O) groups excluding carboxylic acids is 1. The summed E-state index contributed by atoms with van der Waals surface area (Å²) in [5.74, 6) is -2.08. The van der Waals surface area contributed by atoms with E-state index in [1.54, 1.807) is 13.8 Å². The second-order valence-corrected chi connectivity index (χ2v) is 6.17. The molecule has 0 saturated carbocycles. The van der Waals surface area contributed by atoms with Crippen molar-refractivity contribution in [3.63, 3.8) is 0 Å². The fourth-order valence-corrected chi connectivity index (χ4v) is 2.49. The Morgan fingerprint density at radius 1 is 1.12 bits per heavy atom. The van der Waals surface area contributed by atoms with Crippen LogP contribution < -0.4 is 4.74 Å². The Bertz CT molecular complexity index is 605. The number of ketones is 1. The molecule has 140 valence electrons. The maximum absolute atomic E-state index is 12.0. The van der Waals surface area contributed by atoms with Gasteiger partial charge in [0.15, 0.2) is 5.78 Å². The molecular formula is C16H22O9. The van der Waals surface area contributed by atoms with Gasteiger partial charge in [-0.1, -0.05) is 13.8 Å². The highest BCUT2D eigenvalue weighted by atomic mass is 16.7. The SMILES string of the molecule is CC(C)C(=O)c1c(O)cc(O[C@@H]2O[C@H](CO)[C@@H](O)[C@H](O)[C@H]2O)cc1O. The van der Waals surface area contributed by atoms with Gasteiger partial charge in [-0.25, -0.2) is 0 Å². The second kappa shape index (κ2) is 7.54. The zero-order valence-electron chi connectivity index (χ0n) is 13.7. The third-order valence-electron chi connectivity index (χ3n) is 3.94. The predicted octanol–water partition coefficient (Wildman–Crippen LogP) is -0.885. The summed E-state index contributed by atoms with van der Waals surface area (Å²) in [5.41, 5.74) is -0.254. The van der Waals surface area contributed by atoms with Gasteiger partial charge in [-0.05, 0) is 0 Å². The summed E-state index contributed by atoms with van der Waals surface area (Å²) in [6.45, 7) is 2.60. The lowest BCUT2D eigenvalue weighted by molar-refractivity contribution is -0.277. The van der Waals surface area contributed by atoms with E-state index in [0.29, 0.717) is 0 Å². The summed E-state index contributed by atoms with van der Waals surface area (Å²) in [6.07, 6.45) is -7.43. The van der Waals surface area contributed by atoms with Gasteiger partial charge in [-0.15, -0.1) is 0 Å². The summed E-state index contributed by atoms with van der Waals surface area (Å²) in [5, 5.41) is 58.5. The summed E-state index contributed by atoms with van der Waals surface area (Å²) < 4.78 is 10.5. The average molecular weight is 358 g/mol. The topological polar surface area (TPSA) is 157 Å². The van der Waals surface area contributed by atoms with Crippen LogP contribution in [0.5, 0.6) is 17.2 Å². The number of ether oxygens (including phenoxy) is 2. The summed E-state index contributed by atoms with van der Waals surface area (Å²) >= 11 is 0. The van der Waals surface area contributed by atoms with E-state index in [9.17, 15) is 30.3 Å². The molecule has 0 spiro atoms. The molecule has 5 atom stereocenters. The molecule has 6 N–H and O–H groups in total. The van der Waals surface area contributed by atoms with Gasteiger partial charge in [0.2, 0.25) is 6.29 Å². The highest BCUT2D eigenvalue weighted by molar-refractivity contribution is 6.02. The largest absolute Gasteiger partial charge is 0.507 e. The Hall–Kier alpha value is -1.91. The first-order valence-electron chi connectivity index (χ1n) is 7.74. The van der Waals surface area contributed by atoms with Crippen molar-refractivity contribution in [2.75, 3.05) is 6.61 Å². The van der Waals surface area contributed by atoms with Crippen molar-refractivity contribution in [1.29, 1.82) is 0 Å². The smallest absolute Gasteiger partial charge is 0.229 e. The number of benzene rings is 1. The lowest BCUT2D eigenvalue weighted by Gasteiger charge is -2.39.